The second-order valence-corrected chi connectivity index (χ2v) is 6.55. The van der Waals surface area contributed by atoms with E-state index in [0.29, 0.717) is 28.3 Å². The fraction of sp³-hybridized carbons (Fsp3) is 0.368. The van der Waals surface area contributed by atoms with Gasteiger partial charge in [-0.2, -0.15) is 5.10 Å². The summed E-state index contributed by atoms with van der Waals surface area (Å²) in [6.07, 6.45) is 0. The molecule has 142 valence electrons. The second kappa shape index (κ2) is 6.86. The lowest BCUT2D eigenvalue weighted by atomic mass is 10.1. The van der Waals surface area contributed by atoms with Gasteiger partial charge in [-0.25, -0.2) is 9.78 Å². The van der Waals surface area contributed by atoms with Crippen LogP contribution in [0.3, 0.4) is 0 Å². The van der Waals surface area contributed by atoms with E-state index >= 15 is 0 Å². The number of ether oxygens (including phenoxy) is 1. The fourth-order valence-corrected chi connectivity index (χ4v) is 3.18. The van der Waals surface area contributed by atoms with Crippen LogP contribution in [0.4, 0.5) is 0 Å². The third kappa shape index (κ3) is 3.30. The van der Waals surface area contributed by atoms with Gasteiger partial charge in [-0.05, 0) is 32.9 Å². The van der Waals surface area contributed by atoms with Crippen LogP contribution in [0, 0.1) is 20.8 Å². The standard InChI is InChI=1S/C19H22N4O4/c1-10-7-15(16-11(2)21-23(5)17(16)20-10)18(24)22(4)9-13-8-14(12(3)27-13)19(25)26-6/h7-8H,9H2,1-6H3. The molecule has 8 heteroatoms. The Bertz CT molecular complexity index is 1050. The molecule has 0 aliphatic carbocycles. The molecule has 3 aromatic rings. The Balaban J connectivity index is 1.93. The number of carbonyl (C=O) groups is 2. The average molecular weight is 370 g/mol. The van der Waals surface area contributed by atoms with Gasteiger partial charge in [0.1, 0.15) is 17.1 Å². The predicted octanol–water partition coefficient (Wildman–Crippen LogP) is 2.55. The molecule has 0 radical (unpaired) electrons. The molecule has 0 unspecified atom stereocenters. The highest BCUT2D eigenvalue weighted by Gasteiger charge is 2.22. The van der Waals surface area contributed by atoms with Crippen LogP contribution >= 0.6 is 0 Å². The Morgan fingerprint density at radius 1 is 1.22 bits per heavy atom. The SMILES string of the molecule is COC(=O)c1cc(CN(C)C(=O)c2cc(C)nc3c2c(C)nn3C)oc1C. The normalized spacial score (nSPS) is 11.0. The maximum Gasteiger partial charge on any atom is 0.341 e. The molecule has 8 nitrogen and oxygen atoms in total. The molecule has 0 aliphatic heterocycles. The Hall–Kier alpha value is -3.16. The van der Waals surface area contributed by atoms with Crippen molar-refractivity contribution in [3.8, 4) is 0 Å². The molecule has 3 aromatic heterocycles. The molecule has 0 aromatic carbocycles. The van der Waals surface area contributed by atoms with Gasteiger partial charge in [-0.3, -0.25) is 9.48 Å². The summed E-state index contributed by atoms with van der Waals surface area (Å²) in [6, 6.07) is 3.37. The first-order chi connectivity index (χ1) is 12.7. The molecule has 3 heterocycles. The summed E-state index contributed by atoms with van der Waals surface area (Å²) in [6.45, 7) is 5.61. The Morgan fingerprint density at radius 3 is 2.59 bits per heavy atom. The molecule has 1 amide bonds. The summed E-state index contributed by atoms with van der Waals surface area (Å²) in [7, 11) is 4.81. The predicted molar refractivity (Wildman–Crippen MR) is 98.6 cm³/mol. The van der Waals surface area contributed by atoms with Crippen LogP contribution in [0.2, 0.25) is 0 Å². The molecule has 3 rings (SSSR count). The number of hydrogen-bond acceptors (Lipinski definition) is 6. The number of amides is 1. The number of rotatable bonds is 4. The zero-order valence-corrected chi connectivity index (χ0v) is 16.3. The number of fused-ring (bicyclic) bond motifs is 1. The maximum absolute atomic E-state index is 13.1. The van der Waals surface area contributed by atoms with Crippen LogP contribution < -0.4 is 0 Å². The van der Waals surface area contributed by atoms with E-state index in [9.17, 15) is 9.59 Å². The summed E-state index contributed by atoms with van der Waals surface area (Å²) in [5, 5.41) is 5.12. The molecule has 27 heavy (non-hydrogen) atoms. The molecule has 0 N–H and O–H groups in total. The van der Waals surface area contributed by atoms with Crippen molar-refractivity contribution in [3.05, 3.63) is 46.2 Å². The zero-order chi connectivity index (χ0) is 19.9. The highest BCUT2D eigenvalue weighted by Crippen LogP contribution is 2.24. The van der Waals surface area contributed by atoms with Gasteiger partial charge < -0.3 is 14.1 Å². The summed E-state index contributed by atoms with van der Waals surface area (Å²) in [5.74, 6) is 0.334. The first-order valence-corrected chi connectivity index (χ1v) is 8.47. The number of methoxy groups -OCH3 is 1. The van der Waals surface area contributed by atoms with Crippen molar-refractivity contribution in [2.75, 3.05) is 14.2 Å². The van der Waals surface area contributed by atoms with E-state index in [1.807, 2.05) is 13.8 Å². The van der Waals surface area contributed by atoms with Crippen molar-refractivity contribution in [3.63, 3.8) is 0 Å². The topological polar surface area (TPSA) is 90.5 Å². The van der Waals surface area contributed by atoms with Gasteiger partial charge in [0.05, 0.1) is 30.3 Å². The van der Waals surface area contributed by atoms with Crippen LogP contribution in [0.1, 0.15) is 43.6 Å². The first kappa shape index (κ1) is 18.6. The van der Waals surface area contributed by atoms with Gasteiger partial charge in [0.2, 0.25) is 0 Å². The van der Waals surface area contributed by atoms with Crippen molar-refractivity contribution in [1.82, 2.24) is 19.7 Å². The zero-order valence-electron chi connectivity index (χ0n) is 16.3. The highest BCUT2D eigenvalue weighted by atomic mass is 16.5. The molecular weight excluding hydrogens is 348 g/mol. The van der Waals surface area contributed by atoms with Crippen molar-refractivity contribution >= 4 is 22.9 Å². The van der Waals surface area contributed by atoms with Crippen molar-refractivity contribution < 1.29 is 18.7 Å². The van der Waals surface area contributed by atoms with Crippen molar-refractivity contribution in [2.24, 2.45) is 7.05 Å². The van der Waals surface area contributed by atoms with E-state index in [1.54, 1.807) is 42.7 Å². The minimum atomic E-state index is -0.464. The smallest absolute Gasteiger partial charge is 0.341 e. The summed E-state index contributed by atoms with van der Waals surface area (Å²) in [4.78, 5) is 30.8. The number of hydrogen-bond donors (Lipinski definition) is 0. The fourth-order valence-electron chi connectivity index (χ4n) is 3.18. The number of aryl methyl sites for hydroxylation is 4. The third-order valence-electron chi connectivity index (χ3n) is 4.44. The lowest BCUT2D eigenvalue weighted by Crippen LogP contribution is -2.26. The Morgan fingerprint density at radius 2 is 1.93 bits per heavy atom. The molecule has 0 atom stereocenters. The minimum absolute atomic E-state index is 0.171. The Kier molecular flexibility index (Phi) is 4.73. The first-order valence-electron chi connectivity index (χ1n) is 8.47. The van der Waals surface area contributed by atoms with Crippen LogP contribution in [0.5, 0.6) is 0 Å². The monoisotopic (exact) mass is 370 g/mol. The quantitative estimate of drug-likeness (QED) is 0.656. The van der Waals surface area contributed by atoms with E-state index in [1.165, 1.54) is 7.11 Å². The molecule has 0 aliphatic rings. The molecular formula is C19H22N4O4. The molecule has 0 spiro atoms. The maximum atomic E-state index is 13.1. The second-order valence-electron chi connectivity index (χ2n) is 6.55. The van der Waals surface area contributed by atoms with Gasteiger partial charge in [-0.1, -0.05) is 0 Å². The highest BCUT2D eigenvalue weighted by molar-refractivity contribution is 6.06. The number of furan rings is 1. The molecule has 0 bridgehead atoms. The van der Waals surface area contributed by atoms with Crippen molar-refractivity contribution in [1.29, 1.82) is 0 Å². The minimum Gasteiger partial charge on any atom is -0.465 e. The number of carbonyl (C=O) groups excluding carboxylic acids is 2. The van der Waals surface area contributed by atoms with E-state index in [-0.39, 0.29) is 12.5 Å². The molecule has 0 saturated heterocycles. The summed E-state index contributed by atoms with van der Waals surface area (Å²) >= 11 is 0. The van der Waals surface area contributed by atoms with E-state index < -0.39 is 5.97 Å². The van der Waals surface area contributed by atoms with E-state index in [0.717, 1.165) is 16.8 Å². The number of pyridine rings is 1. The van der Waals surface area contributed by atoms with Gasteiger partial charge in [0.15, 0.2) is 5.65 Å². The van der Waals surface area contributed by atoms with Gasteiger partial charge in [0, 0.05) is 19.8 Å². The van der Waals surface area contributed by atoms with Gasteiger partial charge in [0.25, 0.3) is 5.91 Å². The third-order valence-corrected chi connectivity index (χ3v) is 4.44. The van der Waals surface area contributed by atoms with Crippen LogP contribution in [-0.2, 0) is 18.3 Å². The van der Waals surface area contributed by atoms with Crippen LogP contribution in [0.25, 0.3) is 11.0 Å². The van der Waals surface area contributed by atoms with Gasteiger partial charge >= 0.3 is 5.97 Å². The van der Waals surface area contributed by atoms with E-state index in [2.05, 4.69) is 10.1 Å². The summed E-state index contributed by atoms with van der Waals surface area (Å²) in [5.41, 5.74) is 3.06. The number of aromatic nitrogens is 3. The molecule has 0 saturated carbocycles. The lowest BCUT2D eigenvalue weighted by molar-refractivity contribution is 0.0598. The molecule has 0 fully saturated rings. The van der Waals surface area contributed by atoms with E-state index in [4.69, 9.17) is 9.15 Å². The number of esters is 1. The lowest BCUT2D eigenvalue weighted by Gasteiger charge is -2.17. The van der Waals surface area contributed by atoms with Crippen LogP contribution in [0.15, 0.2) is 16.5 Å². The average Bonchev–Trinajstić information content (AvgIpc) is 3.12. The van der Waals surface area contributed by atoms with Gasteiger partial charge in [-0.15, -0.1) is 0 Å². The number of nitrogens with zero attached hydrogens (tertiary/aromatic N) is 4. The largest absolute Gasteiger partial charge is 0.465 e. The van der Waals surface area contributed by atoms with Crippen molar-refractivity contribution in [2.45, 2.75) is 27.3 Å². The summed E-state index contributed by atoms with van der Waals surface area (Å²) < 4.78 is 12.0. The van der Waals surface area contributed by atoms with Crippen LogP contribution in [-0.4, -0.2) is 45.7 Å². The Labute approximate surface area is 156 Å².